The van der Waals surface area contributed by atoms with Crippen molar-refractivity contribution in [2.45, 2.75) is 27.7 Å². The molecule has 0 aliphatic carbocycles. The molecule has 18 heavy (non-hydrogen) atoms. The van der Waals surface area contributed by atoms with Gasteiger partial charge in [-0.25, -0.2) is 0 Å². The van der Waals surface area contributed by atoms with Crippen LogP contribution in [0, 0.1) is 0 Å². The lowest BCUT2D eigenvalue weighted by Crippen LogP contribution is -1.87. The van der Waals surface area contributed by atoms with Crippen molar-refractivity contribution in [3.63, 3.8) is 0 Å². The van der Waals surface area contributed by atoms with E-state index >= 15 is 0 Å². The molecule has 0 spiro atoms. The zero-order valence-corrected chi connectivity index (χ0v) is 12.3. The van der Waals surface area contributed by atoms with Gasteiger partial charge in [-0.15, -0.1) is 0 Å². The Balaban J connectivity index is 0. The Morgan fingerprint density at radius 2 is 0.722 bits per heavy atom. The largest absolute Gasteiger partial charge is 0.0984 e. The van der Waals surface area contributed by atoms with E-state index in [9.17, 15) is 0 Å². The normalized spacial score (nSPS) is 7.78. The standard InChI is InChI=1S/C14H14.2C2H6/c1-5-11-9-13(7-3)14(8-4)10-12(11)6-2;2*1-2/h5-10H,1-4H2;2*1-2H3. The van der Waals surface area contributed by atoms with Crippen LogP contribution in [0.4, 0.5) is 0 Å². The molecule has 0 aromatic heterocycles. The van der Waals surface area contributed by atoms with Crippen LogP contribution in [-0.4, -0.2) is 0 Å². The van der Waals surface area contributed by atoms with Gasteiger partial charge >= 0.3 is 0 Å². The lowest BCUT2D eigenvalue weighted by atomic mass is 9.98. The maximum Gasteiger partial charge on any atom is -0.0184 e. The highest BCUT2D eigenvalue weighted by molar-refractivity contribution is 5.73. The van der Waals surface area contributed by atoms with Gasteiger partial charge in [0.2, 0.25) is 0 Å². The van der Waals surface area contributed by atoms with Gasteiger partial charge in [-0.2, -0.15) is 0 Å². The molecule has 0 unspecified atom stereocenters. The third-order valence-corrected chi connectivity index (χ3v) is 2.17. The summed E-state index contributed by atoms with van der Waals surface area (Å²) in [6.07, 6.45) is 7.27. The number of hydrogen-bond donors (Lipinski definition) is 0. The first kappa shape index (κ1) is 18.5. The highest BCUT2D eigenvalue weighted by Gasteiger charge is 2.01. The molecule has 0 saturated heterocycles. The Labute approximate surface area is 113 Å². The van der Waals surface area contributed by atoms with Crippen molar-refractivity contribution in [1.82, 2.24) is 0 Å². The second-order valence-corrected chi connectivity index (χ2v) is 2.93. The highest BCUT2D eigenvalue weighted by Crippen LogP contribution is 2.21. The zero-order chi connectivity index (χ0) is 14.6. The van der Waals surface area contributed by atoms with Gasteiger partial charge in [0.05, 0.1) is 0 Å². The third kappa shape index (κ3) is 5.01. The molecule has 0 fully saturated rings. The van der Waals surface area contributed by atoms with Crippen molar-refractivity contribution in [2.24, 2.45) is 0 Å². The van der Waals surface area contributed by atoms with Crippen LogP contribution in [0.15, 0.2) is 38.4 Å². The fourth-order valence-corrected chi connectivity index (χ4v) is 1.38. The Morgan fingerprint density at radius 1 is 0.556 bits per heavy atom. The van der Waals surface area contributed by atoms with Crippen molar-refractivity contribution in [3.8, 4) is 0 Å². The molecule has 0 nitrogen and oxygen atoms in total. The van der Waals surface area contributed by atoms with E-state index in [1.165, 1.54) is 0 Å². The molecule has 0 aliphatic heterocycles. The number of benzene rings is 1. The summed E-state index contributed by atoms with van der Waals surface area (Å²) in [6, 6.07) is 4.07. The van der Waals surface area contributed by atoms with Crippen molar-refractivity contribution in [3.05, 3.63) is 60.7 Å². The molecule has 98 valence electrons. The second kappa shape index (κ2) is 11.7. The van der Waals surface area contributed by atoms with Gasteiger partial charge in [0, 0.05) is 0 Å². The van der Waals surface area contributed by atoms with E-state index in [4.69, 9.17) is 0 Å². The van der Waals surface area contributed by atoms with Crippen LogP contribution in [0.5, 0.6) is 0 Å². The minimum atomic E-state index is 1.07. The predicted molar refractivity (Wildman–Crippen MR) is 89.5 cm³/mol. The van der Waals surface area contributed by atoms with Crippen molar-refractivity contribution in [1.29, 1.82) is 0 Å². The fourth-order valence-electron chi connectivity index (χ4n) is 1.38. The van der Waals surface area contributed by atoms with Crippen LogP contribution in [0.1, 0.15) is 49.9 Å². The molecule has 0 N–H and O–H groups in total. The van der Waals surface area contributed by atoms with Crippen molar-refractivity contribution in [2.75, 3.05) is 0 Å². The van der Waals surface area contributed by atoms with Crippen LogP contribution in [0.25, 0.3) is 24.3 Å². The Kier molecular flexibility index (Phi) is 12.0. The molecule has 1 rings (SSSR count). The zero-order valence-electron chi connectivity index (χ0n) is 12.3. The van der Waals surface area contributed by atoms with Crippen LogP contribution in [-0.2, 0) is 0 Å². The molecule has 1 aromatic carbocycles. The van der Waals surface area contributed by atoms with Crippen molar-refractivity contribution < 1.29 is 0 Å². The van der Waals surface area contributed by atoms with E-state index in [-0.39, 0.29) is 0 Å². The molecular formula is C18H26. The first-order valence-electron chi connectivity index (χ1n) is 6.44. The van der Waals surface area contributed by atoms with Crippen LogP contribution < -0.4 is 0 Å². The minimum Gasteiger partial charge on any atom is -0.0984 e. The molecule has 0 amide bonds. The van der Waals surface area contributed by atoms with Gasteiger partial charge in [0.15, 0.2) is 0 Å². The monoisotopic (exact) mass is 242 g/mol. The average Bonchev–Trinajstić information content (AvgIpc) is 2.49. The number of hydrogen-bond acceptors (Lipinski definition) is 0. The van der Waals surface area contributed by atoms with Gasteiger partial charge < -0.3 is 0 Å². The predicted octanol–water partition coefficient (Wildman–Crippen LogP) is 6.31. The van der Waals surface area contributed by atoms with E-state index in [1.54, 1.807) is 0 Å². The lowest BCUT2D eigenvalue weighted by Gasteiger charge is -2.06. The molecule has 0 aliphatic rings. The van der Waals surface area contributed by atoms with Crippen LogP contribution in [0.2, 0.25) is 0 Å². The smallest absolute Gasteiger partial charge is 0.0184 e. The van der Waals surface area contributed by atoms with Crippen LogP contribution >= 0.6 is 0 Å². The van der Waals surface area contributed by atoms with E-state index in [0.29, 0.717) is 0 Å². The fraction of sp³-hybridized carbons (Fsp3) is 0.222. The molecule has 0 heteroatoms. The topological polar surface area (TPSA) is 0 Å². The summed E-state index contributed by atoms with van der Waals surface area (Å²) in [5.74, 6) is 0. The average molecular weight is 242 g/mol. The van der Waals surface area contributed by atoms with Gasteiger partial charge in [-0.1, -0.05) is 78.3 Å². The summed E-state index contributed by atoms with van der Waals surface area (Å²) in [4.78, 5) is 0. The third-order valence-electron chi connectivity index (χ3n) is 2.17. The summed E-state index contributed by atoms with van der Waals surface area (Å²) in [5.41, 5.74) is 4.28. The summed E-state index contributed by atoms with van der Waals surface area (Å²) >= 11 is 0. The first-order valence-corrected chi connectivity index (χ1v) is 6.44. The molecule has 0 atom stereocenters. The van der Waals surface area contributed by atoms with Gasteiger partial charge in [0.1, 0.15) is 0 Å². The Morgan fingerprint density at radius 3 is 0.833 bits per heavy atom. The van der Waals surface area contributed by atoms with Gasteiger partial charge in [-0.05, 0) is 34.4 Å². The summed E-state index contributed by atoms with van der Waals surface area (Å²) in [7, 11) is 0. The molecule has 0 saturated carbocycles. The van der Waals surface area contributed by atoms with E-state index < -0.39 is 0 Å². The Hall–Kier alpha value is -1.82. The maximum absolute atomic E-state index is 3.76. The minimum absolute atomic E-state index is 1.07. The maximum atomic E-state index is 3.76. The quantitative estimate of drug-likeness (QED) is 0.580. The first-order chi connectivity index (χ1) is 8.76. The molecule has 0 heterocycles. The van der Waals surface area contributed by atoms with Crippen molar-refractivity contribution >= 4 is 24.3 Å². The van der Waals surface area contributed by atoms with E-state index in [0.717, 1.165) is 22.3 Å². The van der Waals surface area contributed by atoms with Crippen LogP contribution in [0.3, 0.4) is 0 Å². The lowest BCUT2D eigenvalue weighted by molar-refractivity contribution is 1.50. The van der Waals surface area contributed by atoms with Gasteiger partial charge in [0.25, 0.3) is 0 Å². The van der Waals surface area contributed by atoms with E-state index in [2.05, 4.69) is 26.3 Å². The highest BCUT2D eigenvalue weighted by atomic mass is 14.1. The summed E-state index contributed by atoms with van der Waals surface area (Å²) in [6.45, 7) is 23.1. The molecule has 0 bridgehead atoms. The molecular weight excluding hydrogens is 216 g/mol. The summed E-state index contributed by atoms with van der Waals surface area (Å²) in [5, 5.41) is 0. The summed E-state index contributed by atoms with van der Waals surface area (Å²) < 4.78 is 0. The molecule has 1 aromatic rings. The molecule has 0 radical (unpaired) electrons. The Bertz CT molecular complexity index is 320. The SMILES string of the molecule is C=Cc1cc(C=C)c(C=C)cc1C=C.CC.CC. The number of rotatable bonds is 4. The second-order valence-electron chi connectivity index (χ2n) is 2.93. The van der Waals surface area contributed by atoms with E-state index in [1.807, 2.05) is 64.1 Å². The van der Waals surface area contributed by atoms with Gasteiger partial charge in [-0.3, -0.25) is 0 Å².